The molecule has 0 bridgehead atoms. The van der Waals surface area contributed by atoms with Gasteiger partial charge < -0.3 is 5.32 Å². The lowest BCUT2D eigenvalue weighted by Gasteiger charge is -2.14. The molecule has 0 unspecified atom stereocenters. The summed E-state index contributed by atoms with van der Waals surface area (Å²) in [7, 11) is 0. The normalized spacial score (nSPS) is 19.0. The predicted octanol–water partition coefficient (Wildman–Crippen LogP) is 2.35. The minimum atomic E-state index is -0.431. The Balaban J connectivity index is 1.61. The van der Waals surface area contributed by atoms with E-state index in [1.807, 2.05) is 24.3 Å². The van der Waals surface area contributed by atoms with E-state index in [2.05, 4.69) is 25.9 Å². The van der Waals surface area contributed by atoms with Crippen molar-refractivity contribution in [3.63, 3.8) is 0 Å². The Kier molecular flexibility index (Phi) is 3.53. The number of carbonyl (C=O) groups excluding carboxylic acids is 1. The fourth-order valence-electron chi connectivity index (χ4n) is 3.20. The minimum absolute atomic E-state index is 0.0299. The third-order valence-corrected chi connectivity index (χ3v) is 4.28. The third-order valence-electron chi connectivity index (χ3n) is 4.28. The van der Waals surface area contributed by atoms with Crippen LogP contribution in [0.5, 0.6) is 0 Å². The first-order valence-corrected chi connectivity index (χ1v) is 7.61. The monoisotopic (exact) mass is 323 g/mol. The Bertz CT molecular complexity index is 880. The van der Waals surface area contributed by atoms with Crippen molar-refractivity contribution in [1.82, 2.24) is 25.9 Å². The molecule has 7 heteroatoms. The number of fused-ring (bicyclic) bond motifs is 1. The zero-order chi connectivity index (χ0) is 16.5. The number of hydrogen-bond donors (Lipinski definition) is 2. The number of nitrogens with zero attached hydrogens (tertiary/aromatic N) is 3. The number of aromatic nitrogens is 4. The molecule has 0 saturated carbocycles. The van der Waals surface area contributed by atoms with E-state index in [9.17, 15) is 9.18 Å². The lowest BCUT2D eigenvalue weighted by molar-refractivity contribution is 0.0935. The van der Waals surface area contributed by atoms with Crippen LogP contribution < -0.4 is 5.32 Å². The highest BCUT2D eigenvalue weighted by atomic mass is 19.1. The van der Waals surface area contributed by atoms with Gasteiger partial charge in [-0.3, -0.25) is 4.79 Å². The van der Waals surface area contributed by atoms with Crippen LogP contribution >= 0.6 is 0 Å². The first-order valence-electron chi connectivity index (χ1n) is 7.61. The van der Waals surface area contributed by atoms with Gasteiger partial charge in [-0.15, -0.1) is 10.2 Å². The summed E-state index contributed by atoms with van der Waals surface area (Å²) in [5.74, 6) is -0.162. The molecule has 2 aromatic carbocycles. The van der Waals surface area contributed by atoms with Crippen LogP contribution in [-0.2, 0) is 0 Å². The van der Waals surface area contributed by atoms with Gasteiger partial charge in [-0.1, -0.05) is 35.5 Å². The van der Waals surface area contributed by atoms with E-state index < -0.39 is 5.82 Å². The summed E-state index contributed by atoms with van der Waals surface area (Å²) in [6, 6.07) is 13.3. The van der Waals surface area contributed by atoms with E-state index >= 15 is 0 Å². The molecule has 0 aliphatic heterocycles. The van der Waals surface area contributed by atoms with Crippen LogP contribution in [0.3, 0.4) is 0 Å². The summed E-state index contributed by atoms with van der Waals surface area (Å²) >= 11 is 0. The van der Waals surface area contributed by atoms with Crippen LogP contribution in [0.2, 0.25) is 0 Å². The van der Waals surface area contributed by atoms with E-state index in [4.69, 9.17) is 0 Å². The molecule has 0 spiro atoms. The van der Waals surface area contributed by atoms with Crippen LogP contribution in [0, 0.1) is 5.82 Å². The van der Waals surface area contributed by atoms with Crippen molar-refractivity contribution in [3.8, 4) is 0 Å². The minimum Gasteiger partial charge on any atom is -0.345 e. The Morgan fingerprint density at radius 1 is 1.17 bits per heavy atom. The first kappa shape index (κ1) is 14.5. The summed E-state index contributed by atoms with van der Waals surface area (Å²) in [5, 5.41) is 17.2. The molecule has 1 aliphatic carbocycles. The van der Waals surface area contributed by atoms with E-state index in [1.165, 1.54) is 18.2 Å². The highest BCUT2D eigenvalue weighted by Crippen LogP contribution is 2.42. The molecule has 0 saturated heterocycles. The smallest absolute Gasteiger partial charge is 0.251 e. The zero-order valence-corrected chi connectivity index (χ0v) is 12.6. The molecule has 4 rings (SSSR count). The van der Waals surface area contributed by atoms with Gasteiger partial charge in [-0.2, -0.15) is 5.21 Å². The molecule has 24 heavy (non-hydrogen) atoms. The van der Waals surface area contributed by atoms with Crippen LogP contribution in [0.25, 0.3) is 0 Å². The van der Waals surface area contributed by atoms with Gasteiger partial charge in [0.05, 0.1) is 12.0 Å². The van der Waals surface area contributed by atoms with E-state index in [0.717, 1.165) is 11.1 Å². The van der Waals surface area contributed by atoms with Crippen LogP contribution in [-0.4, -0.2) is 26.5 Å². The molecule has 0 fully saturated rings. The van der Waals surface area contributed by atoms with Crippen molar-refractivity contribution in [2.45, 2.75) is 18.4 Å². The van der Waals surface area contributed by atoms with Gasteiger partial charge in [0.15, 0.2) is 5.82 Å². The van der Waals surface area contributed by atoms with E-state index in [1.54, 1.807) is 6.07 Å². The predicted molar refractivity (Wildman–Crippen MR) is 83.7 cm³/mol. The maximum Gasteiger partial charge on any atom is 0.251 e. The number of H-pyrrole nitrogens is 1. The third kappa shape index (κ3) is 2.54. The molecule has 1 amide bonds. The molecule has 2 N–H and O–H groups in total. The van der Waals surface area contributed by atoms with Crippen molar-refractivity contribution in [1.29, 1.82) is 0 Å². The van der Waals surface area contributed by atoms with Gasteiger partial charge in [0.1, 0.15) is 5.82 Å². The number of halogens is 1. The average Bonchev–Trinajstić information content (AvgIpc) is 3.23. The molecule has 3 aromatic rings. The van der Waals surface area contributed by atoms with Crippen molar-refractivity contribution in [2.24, 2.45) is 0 Å². The van der Waals surface area contributed by atoms with Gasteiger partial charge in [0, 0.05) is 5.56 Å². The highest BCUT2D eigenvalue weighted by molar-refractivity contribution is 5.94. The second-order valence-electron chi connectivity index (χ2n) is 5.72. The lowest BCUT2D eigenvalue weighted by Crippen LogP contribution is -2.27. The fourth-order valence-corrected chi connectivity index (χ4v) is 3.20. The van der Waals surface area contributed by atoms with E-state index in [-0.39, 0.29) is 17.9 Å². The van der Waals surface area contributed by atoms with E-state index in [0.29, 0.717) is 17.8 Å². The Labute approximate surface area is 137 Å². The number of carbonyl (C=O) groups is 1. The maximum absolute atomic E-state index is 13.3. The number of tetrazole rings is 1. The summed E-state index contributed by atoms with van der Waals surface area (Å²) in [6.45, 7) is 0. The largest absolute Gasteiger partial charge is 0.345 e. The van der Waals surface area contributed by atoms with Crippen LogP contribution in [0.15, 0.2) is 48.5 Å². The Hall–Kier alpha value is -3.09. The van der Waals surface area contributed by atoms with Gasteiger partial charge in [0.25, 0.3) is 5.91 Å². The summed E-state index contributed by atoms with van der Waals surface area (Å²) < 4.78 is 13.3. The molecule has 2 atom stereocenters. The highest BCUT2D eigenvalue weighted by Gasteiger charge is 2.34. The molecule has 1 aliphatic rings. The van der Waals surface area contributed by atoms with Crippen molar-refractivity contribution >= 4 is 5.91 Å². The van der Waals surface area contributed by atoms with Crippen molar-refractivity contribution in [3.05, 3.63) is 76.9 Å². The Morgan fingerprint density at radius 2 is 2.00 bits per heavy atom. The maximum atomic E-state index is 13.3. The van der Waals surface area contributed by atoms with Gasteiger partial charge >= 0.3 is 0 Å². The molecule has 1 heterocycles. The standard InChI is InChI=1S/C17H14FN5O/c18-11-5-3-4-10(8-11)17(24)19-15-9-14(16-20-22-23-21-16)12-6-1-2-7-13(12)15/h1-8,14-15H,9H2,(H,19,24)(H,20,21,22,23)/t14-,15+/m0/s1. The van der Waals surface area contributed by atoms with Crippen LogP contribution in [0.4, 0.5) is 4.39 Å². The van der Waals surface area contributed by atoms with Crippen LogP contribution in [0.1, 0.15) is 45.7 Å². The average molecular weight is 323 g/mol. The van der Waals surface area contributed by atoms with Crippen molar-refractivity contribution < 1.29 is 9.18 Å². The number of hydrogen-bond acceptors (Lipinski definition) is 4. The number of benzene rings is 2. The molecular formula is C17H14FN5O. The molecule has 120 valence electrons. The summed E-state index contributed by atoms with van der Waals surface area (Å²) in [4.78, 5) is 12.4. The van der Waals surface area contributed by atoms with Gasteiger partial charge in [0.2, 0.25) is 0 Å². The fraction of sp³-hybridized carbons (Fsp3) is 0.176. The number of nitrogens with one attached hydrogen (secondary N) is 2. The second-order valence-corrected chi connectivity index (χ2v) is 5.72. The molecule has 1 aromatic heterocycles. The quantitative estimate of drug-likeness (QED) is 0.775. The topological polar surface area (TPSA) is 83.6 Å². The van der Waals surface area contributed by atoms with Gasteiger partial charge in [-0.05, 0) is 35.7 Å². The number of rotatable bonds is 3. The van der Waals surface area contributed by atoms with Crippen molar-refractivity contribution in [2.75, 3.05) is 0 Å². The second kappa shape index (κ2) is 5.84. The first-order chi connectivity index (χ1) is 11.7. The number of amides is 1. The lowest BCUT2D eigenvalue weighted by atomic mass is 10.0. The molecule has 0 radical (unpaired) electrons. The number of aromatic amines is 1. The summed E-state index contributed by atoms with van der Waals surface area (Å²) in [5.41, 5.74) is 2.40. The molecular weight excluding hydrogens is 309 g/mol. The Morgan fingerprint density at radius 3 is 2.75 bits per heavy atom. The summed E-state index contributed by atoms with van der Waals surface area (Å²) in [6.07, 6.45) is 0.639. The SMILES string of the molecule is O=C(N[C@@H]1C[C@H](c2nn[nH]n2)c2ccccc21)c1cccc(F)c1. The zero-order valence-electron chi connectivity index (χ0n) is 12.6. The molecule has 6 nitrogen and oxygen atoms in total. The van der Waals surface area contributed by atoms with Gasteiger partial charge in [-0.25, -0.2) is 4.39 Å².